The van der Waals surface area contributed by atoms with Gasteiger partial charge in [0.15, 0.2) is 9.84 Å². The predicted octanol–water partition coefficient (Wildman–Crippen LogP) is 1.88. The lowest BCUT2D eigenvalue weighted by molar-refractivity contribution is -0.132. The number of halogens is 1. The van der Waals surface area contributed by atoms with E-state index in [1.807, 2.05) is 0 Å². The molecule has 1 amide bonds. The monoisotopic (exact) mass is 341 g/mol. The largest absolute Gasteiger partial charge is 0.342 e. The van der Waals surface area contributed by atoms with Crippen molar-refractivity contribution in [3.05, 3.63) is 35.6 Å². The number of hydrogen-bond acceptors (Lipinski definition) is 4. The number of carbonyl (C=O) groups is 2. The zero-order valence-electron chi connectivity index (χ0n) is 13.0. The molecule has 0 N–H and O–H groups in total. The maximum absolute atomic E-state index is 13.9. The molecule has 0 radical (unpaired) electrons. The molecule has 1 heterocycles. The van der Waals surface area contributed by atoms with E-state index in [-0.39, 0.29) is 55.4 Å². The summed E-state index contributed by atoms with van der Waals surface area (Å²) in [7, 11) is -3.53. The predicted molar refractivity (Wildman–Crippen MR) is 84.0 cm³/mol. The van der Waals surface area contributed by atoms with Gasteiger partial charge in [0.05, 0.1) is 11.0 Å². The molecule has 1 aromatic rings. The molecule has 1 atom stereocenters. The summed E-state index contributed by atoms with van der Waals surface area (Å²) in [5.41, 5.74) is 0.158. The Labute approximate surface area is 135 Å². The summed E-state index contributed by atoms with van der Waals surface area (Å²) in [6.07, 6.45) is 0.396. The summed E-state index contributed by atoms with van der Waals surface area (Å²) in [5, 5.41) is -0.936. The number of sulfone groups is 1. The van der Waals surface area contributed by atoms with Crippen LogP contribution >= 0.6 is 0 Å². The van der Waals surface area contributed by atoms with Crippen molar-refractivity contribution in [3.63, 3.8) is 0 Å². The van der Waals surface area contributed by atoms with Crippen LogP contribution < -0.4 is 0 Å². The van der Waals surface area contributed by atoms with Crippen LogP contribution in [0.3, 0.4) is 0 Å². The highest BCUT2D eigenvalue weighted by molar-refractivity contribution is 7.91. The minimum Gasteiger partial charge on any atom is -0.342 e. The number of ketones is 1. The van der Waals surface area contributed by atoms with Crippen LogP contribution in [0.25, 0.3) is 0 Å². The van der Waals surface area contributed by atoms with Crippen molar-refractivity contribution >= 4 is 21.5 Å². The fourth-order valence-electron chi connectivity index (χ4n) is 2.72. The normalized spacial score (nSPS) is 20.8. The molecular formula is C16H20FNO4S. The van der Waals surface area contributed by atoms with Crippen LogP contribution in [-0.4, -0.2) is 43.9 Å². The third-order valence-corrected chi connectivity index (χ3v) is 6.14. The van der Waals surface area contributed by atoms with Gasteiger partial charge in [-0.3, -0.25) is 4.79 Å². The summed E-state index contributed by atoms with van der Waals surface area (Å²) >= 11 is 0. The van der Waals surface area contributed by atoms with E-state index in [0.29, 0.717) is 0 Å². The van der Waals surface area contributed by atoms with Crippen LogP contribution in [0, 0.1) is 5.82 Å². The van der Waals surface area contributed by atoms with Crippen LogP contribution in [0.5, 0.6) is 0 Å². The molecule has 1 aliphatic heterocycles. The molecule has 0 bridgehead atoms. The zero-order chi connectivity index (χ0) is 17.0. The number of nitrogens with zero attached hydrogens (tertiary/aromatic N) is 1. The van der Waals surface area contributed by atoms with Crippen molar-refractivity contribution in [2.75, 3.05) is 18.8 Å². The van der Waals surface area contributed by atoms with E-state index in [2.05, 4.69) is 0 Å². The molecule has 2 rings (SSSR count). The van der Waals surface area contributed by atoms with Crippen molar-refractivity contribution < 1.29 is 22.4 Å². The fourth-order valence-corrected chi connectivity index (χ4v) is 4.52. The summed E-state index contributed by atoms with van der Waals surface area (Å²) in [4.78, 5) is 24.5. The Bertz CT molecular complexity index is 702. The average Bonchev–Trinajstić information content (AvgIpc) is 2.64. The molecule has 5 nitrogen and oxygen atoms in total. The Balaban J connectivity index is 2.15. The van der Waals surface area contributed by atoms with E-state index in [0.717, 1.165) is 0 Å². The van der Waals surface area contributed by atoms with E-state index >= 15 is 0 Å². The molecule has 1 saturated heterocycles. The van der Waals surface area contributed by atoms with Gasteiger partial charge in [-0.05, 0) is 19.4 Å². The van der Waals surface area contributed by atoms with E-state index in [1.54, 1.807) is 6.07 Å². The quantitative estimate of drug-likeness (QED) is 0.838. The summed E-state index contributed by atoms with van der Waals surface area (Å²) in [6, 6.07) is 5.84. The molecule has 0 spiro atoms. The summed E-state index contributed by atoms with van der Waals surface area (Å²) in [6.45, 7) is 1.74. The summed E-state index contributed by atoms with van der Waals surface area (Å²) < 4.78 is 38.8. The third kappa shape index (κ3) is 4.37. The maximum Gasteiger partial charge on any atom is 0.223 e. The second-order valence-corrected chi connectivity index (χ2v) is 8.05. The van der Waals surface area contributed by atoms with Gasteiger partial charge in [-0.2, -0.15) is 0 Å². The molecule has 0 saturated carbocycles. The van der Waals surface area contributed by atoms with Crippen molar-refractivity contribution in [1.29, 1.82) is 0 Å². The van der Waals surface area contributed by atoms with Gasteiger partial charge < -0.3 is 9.69 Å². The molecule has 0 aliphatic carbocycles. The first-order chi connectivity index (χ1) is 10.8. The molecule has 1 aliphatic rings. The van der Waals surface area contributed by atoms with E-state index in [4.69, 9.17) is 0 Å². The molecular weight excluding hydrogens is 321 g/mol. The van der Waals surface area contributed by atoms with Crippen molar-refractivity contribution in [2.45, 2.75) is 31.4 Å². The Morgan fingerprint density at radius 3 is 2.57 bits per heavy atom. The molecule has 23 heavy (non-hydrogen) atoms. The smallest absolute Gasteiger partial charge is 0.223 e. The average molecular weight is 341 g/mol. The fraction of sp³-hybridized carbons (Fsp3) is 0.500. The SMILES string of the molecule is CC(=O)CCC(=O)N1CCC(c2ccccc2F)S(=O)(=O)CC1. The Kier molecular flexibility index (Phi) is 5.51. The van der Waals surface area contributed by atoms with Gasteiger partial charge in [0.2, 0.25) is 5.91 Å². The van der Waals surface area contributed by atoms with E-state index in [9.17, 15) is 22.4 Å². The van der Waals surface area contributed by atoms with E-state index in [1.165, 1.54) is 30.0 Å². The number of carbonyl (C=O) groups excluding carboxylic acids is 2. The second kappa shape index (κ2) is 7.21. The Hall–Kier alpha value is -1.76. The summed E-state index contributed by atoms with van der Waals surface area (Å²) in [5.74, 6) is -1.05. The van der Waals surface area contributed by atoms with Crippen molar-refractivity contribution in [1.82, 2.24) is 4.90 Å². The zero-order valence-corrected chi connectivity index (χ0v) is 13.8. The van der Waals surface area contributed by atoms with Crippen molar-refractivity contribution in [2.24, 2.45) is 0 Å². The lowest BCUT2D eigenvalue weighted by Gasteiger charge is -2.19. The van der Waals surface area contributed by atoms with Crippen molar-refractivity contribution in [3.8, 4) is 0 Å². The Morgan fingerprint density at radius 2 is 1.91 bits per heavy atom. The second-order valence-electron chi connectivity index (χ2n) is 5.75. The highest BCUT2D eigenvalue weighted by Crippen LogP contribution is 2.31. The van der Waals surface area contributed by atoms with Crippen LogP contribution in [0.1, 0.15) is 37.0 Å². The minimum atomic E-state index is -3.53. The van der Waals surface area contributed by atoms with Crippen LogP contribution in [-0.2, 0) is 19.4 Å². The number of rotatable bonds is 4. The highest BCUT2D eigenvalue weighted by atomic mass is 32.2. The number of hydrogen-bond donors (Lipinski definition) is 0. The lowest BCUT2D eigenvalue weighted by Crippen LogP contribution is -2.33. The standard InChI is InChI=1S/C16H20FNO4S/c1-12(19)6-7-16(20)18-9-8-15(23(21,22)11-10-18)13-4-2-3-5-14(13)17/h2-5,15H,6-11H2,1H3. The first kappa shape index (κ1) is 17.6. The molecule has 1 unspecified atom stereocenters. The Morgan fingerprint density at radius 1 is 1.22 bits per heavy atom. The number of Topliss-reactive ketones (excluding diaryl/α,β-unsaturated/α-hetero) is 1. The van der Waals surface area contributed by atoms with Gasteiger partial charge in [0.25, 0.3) is 0 Å². The topological polar surface area (TPSA) is 71.5 Å². The van der Waals surface area contributed by atoms with Gasteiger partial charge in [-0.15, -0.1) is 0 Å². The van der Waals surface area contributed by atoms with Crippen LogP contribution in [0.4, 0.5) is 4.39 Å². The molecule has 126 valence electrons. The number of benzene rings is 1. The van der Waals surface area contributed by atoms with Crippen LogP contribution in [0.15, 0.2) is 24.3 Å². The molecule has 1 fully saturated rings. The van der Waals surface area contributed by atoms with Gasteiger partial charge >= 0.3 is 0 Å². The minimum absolute atomic E-state index is 0.0787. The lowest BCUT2D eigenvalue weighted by atomic mass is 10.1. The van der Waals surface area contributed by atoms with Gasteiger partial charge in [0.1, 0.15) is 11.6 Å². The van der Waals surface area contributed by atoms with Crippen LogP contribution in [0.2, 0.25) is 0 Å². The first-order valence-corrected chi connectivity index (χ1v) is 9.26. The van der Waals surface area contributed by atoms with Gasteiger partial charge in [-0.1, -0.05) is 18.2 Å². The van der Waals surface area contributed by atoms with E-state index < -0.39 is 20.9 Å². The van der Waals surface area contributed by atoms with Gasteiger partial charge in [0, 0.05) is 31.5 Å². The molecule has 0 aromatic heterocycles. The van der Waals surface area contributed by atoms with Gasteiger partial charge in [-0.25, -0.2) is 12.8 Å². The maximum atomic E-state index is 13.9. The molecule has 1 aromatic carbocycles. The third-order valence-electron chi connectivity index (χ3n) is 4.04. The first-order valence-electron chi connectivity index (χ1n) is 7.54. The molecule has 7 heteroatoms. The number of amides is 1. The highest BCUT2D eigenvalue weighted by Gasteiger charge is 2.33.